The van der Waals surface area contributed by atoms with Crippen molar-refractivity contribution in [1.29, 1.82) is 0 Å². The average Bonchev–Trinajstić information content (AvgIpc) is 3.04. The van der Waals surface area contributed by atoms with Crippen LogP contribution in [0.2, 0.25) is 0 Å². The molecule has 0 bridgehead atoms. The van der Waals surface area contributed by atoms with Gasteiger partial charge in [0, 0.05) is 25.5 Å². The third-order valence-corrected chi connectivity index (χ3v) is 3.82. The van der Waals surface area contributed by atoms with Crippen molar-refractivity contribution in [1.82, 2.24) is 14.9 Å². The van der Waals surface area contributed by atoms with Gasteiger partial charge < -0.3 is 14.6 Å². The van der Waals surface area contributed by atoms with Gasteiger partial charge >= 0.3 is 0 Å². The molecule has 0 saturated heterocycles. The number of nitrogens with one attached hydrogen (secondary N) is 1. The van der Waals surface area contributed by atoms with Crippen LogP contribution in [0.4, 0.5) is 0 Å². The summed E-state index contributed by atoms with van der Waals surface area (Å²) in [5.74, 6) is 0.823. The number of aromatic nitrogens is 2. The highest BCUT2D eigenvalue weighted by atomic mass is 16.5. The average molecular weight is 301 g/mol. The Balaban J connectivity index is 1.86. The van der Waals surface area contributed by atoms with E-state index in [4.69, 9.17) is 4.74 Å². The van der Waals surface area contributed by atoms with Crippen molar-refractivity contribution in [3.63, 3.8) is 0 Å². The van der Waals surface area contributed by atoms with Crippen LogP contribution in [0.15, 0.2) is 43.0 Å². The van der Waals surface area contributed by atoms with E-state index in [2.05, 4.69) is 10.3 Å². The van der Waals surface area contributed by atoms with Gasteiger partial charge in [-0.05, 0) is 38.0 Å². The molecule has 0 aliphatic heterocycles. The molecule has 1 heterocycles. The van der Waals surface area contributed by atoms with Crippen molar-refractivity contribution in [2.75, 3.05) is 13.7 Å². The maximum absolute atomic E-state index is 12.4. The third-order valence-electron chi connectivity index (χ3n) is 3.82. The minimum atomic E-state index is -0.568. The van der Waals surface area contributed by atoms with Crippen molar-refractivity contribution < 1.29 is 9.53 Å². The van der Waals surface area contributed by atoms with Gasteiger partial charge in [-0.1, -0.05) is 12.1 Å². The second-order valence-corrected chi connectivity index (χ2v) is 5.76. The third kappa shape index (κ3) is 3.87. The summed E-state index contributed by atoms with van der Waals surface area (Å²) in [4.78, 5) is 16.4. The number of rotatable bonds is 7. The van der Waals surface area contributed by atoms with Gasteiger partial charge in [-0.2, -0.15) is 0 Å². The number of benzene rings is 1. The van der Waals surface area contributed by atoms with Gasteiger partial charge in [0.2, 0.25) is 5.91 Å². The van der Waals surface area contributed by atoms with Gasteiger partial charge in [0.15, 0.2) is 0 Å². The topological polar surface area (TPSA) is 56.1 Å². The molecular weight excluding hydrogens is 278 g/mol. The zero-order chi connectivity index (χ0) is 16.0. The summed E-state index contributed by atoms with van der Waals surface area (Å²) in [6.45, 7) is 5.36. The van der Waals surface area contributed by atoms with Crippen LogP contribution in [0.1, 0.15) is 25.8 Å². The molecule has 0 radical (unpaired) electrons. The molecule has 2 aromatic rings. The first-order valence-electron chi connectivity index (χ1n) is 7.42. The molecule has 0 fully saturated rings. The molecule has 1 aromatic heterocycles. The van der Waals surface area contributed by atoms with Crippen LogP contribution in [0.5, 0.6) is 5.75 Å². The number of ether oxygens (including phenoxy) is 1. The predicted octanol–water partition coefficient (Wildman–Crippen LogP) is 2.38. The maximum atomic E-state index is 12.4. The number of nitrogens with zero attached hydrogens (tertiary/aromatic N) is 2. The zero-order valence-corrected chi connectivity index (χ0v) is 13.4. The Morgan fingerprint density at radius 3 is 2.64 bits per heavy atom. The molecule has 0 atom stereocenters. The van der Waals surface area contributed by atoms with E-state index in [0.29, 0.717) is 6.54 Å². The molecule has 0 unspecified atom stereocenters. The number of hydrogen-bond acceptors (Lipinski definition) is 3. The summed E-state index contributed by atoms with van der Waals surface area (Å²) in [5.41, 5.74) is 0.404. The molecule has 1 amide bonds. The van der Waals surface area contributed by atoms with E-state index < -0.39 is 5.41 Å². The SMILES string of the molecule is COc1ccc(C(C)(C)C(=O)NCCCn2ccnc2)cc1. The van der Waals surface area contributed by atoms with E-state index in [-0.39, 0.29) is 5.91 Å². The van der Waals surface area contributed by atoms with E-state index in [9.17, 15) is 4.79 Å². The zero-order valence-electron chi connectivity index (χ0n) is 13.4. The van der Waals surface area contributed by atoms with Crippen LogP contribution < -0.4 is 10.1 Å². The van der Waals surface area contributed by atoms with Gasteiger partial charge in [0.05, 0.1) is 18.9 Å². The Morgan fingerprint density at radius 1 is 1.32 bits per heavy atom. The summed E-state index contributed by atoms with van der Waals surface area (Å²) >= 11 is 0. The molecule has 0 aliphatic rings. The van der Waals surface area contributed by atoms with Crippen LogP contribution in [0.25, 0.3) is 0 Å². The Bertz CT molecular complexity index is 589. The highest BCUT2D eigenvalue weighted by Crippen LogP contribution is 2.25. The van der Waals surface area contributed by atoms with Crippen LogP contribution >= 0.6 is 0 Å². The Hall–Kier alpha value is -2.30. The molecule has 5 nitrogen and oxygen atoms in total. The van der Waals surface area contributed by atoms with Crippen molar-refractivity contribution in [2.24, 2.45) is 0 Å². The standard InChI is InChI=1S/C17H23N3O2/c1-17(2,14-5-7-15(22-3)8-6-14)16(21)19-9-4-11-20-12-10-18-13-20/h5-8,10,12-13H,4,9,11H2,1-3H3,(H,19,21). The fourth-order valence-corrected chi connectivity index (χ4v) is 2.24. The molecular formula is C17H23N3O2. The van der Waals surface area contributed by atoms with E-state index in [1.54, 1.807) is 19.6 Å². The fourth-order valence-electron chi connectivity index (χ4n) is 2.24. The monoisotopic (exact) mass is 301 g/mol. The number of methoxy groups -OCH3 is 1. The van der Waals surface area contributed by atoms with E-state index in [0.717, 1.165) is 24.3 Å². The summed E-state index contributed by atoms with van der Waals surface area (Å²) < 4.78 is 7.15. The molecule has 2 rings (SSSR count). The van der Waals surface area contributed by atoms with Crippen molar-refractivity contribution in [2.45, 2.75) is 32.2 Å². The normalized spacial score (nSPS) is 11.2. The van der Waals surface area contributed by atoms with Gasteiger partial charge in [-0.15, -0.1) is 0 Å². The van der Waals surface area contributed by atoms with Crippen molar-refractivity contribution in [3.8, 4) is 5.75 Å². The molecule has 0 aliphatic carbocycles. The van der Waals surface area contributed by atoms with Gasteiger partial charge in [0.25, 0.3) is 0 Å². The highest BCUT2D eigenvalue weighted by molar-refractivity contribution is 5.87. The number of amides is 1. The number of carbonyl (C=O) groups is 1. The van der Waals surface area contributed by atoms with Crippen molar-refractivity contribution in [3.05, 3.63) is 48.5 Å². The van der Waals surface area contributed by atoms with Gasteiger partial charge in [-0.3, -0.25) is 4.79 Å². The lowest BCUT2D eigenvalue weighted by Crippen LogP contribution is -2.40. The smallest absolute Gasteiger partial charge is 0.230 e. The number of carbonyl (C=O) groups excluding carboxylic acids is 1. The van der Waals surface area contributed by atoms with Crippen LogP contribution in [-0.2, 0) is 16.8 Å². The molecule has 0 saturated carbocycles. The van der Waals surface area contributed by atoms with Crippen LogP contribution in [0, 0.1) is 0 Å². The molecule has 0 spiro atoms. The Labute approximate surface area is 131 Å². The first-order valence-corrected chi connectivity index (χ1v) is 7.42. The quantitative estimate of drug-likeness (QED) is 0.799. The van der Waals surface area contributed by atoms with Gasteiger partial charge in [-0.25, -0.2) is 4.98 Å². The minimum absolute atomic E-state index is 0.0308. The second-order valence-electron chi connectivity index (χ2n) is 5.76. The lowest BCUT2D eigenvalue weighted by atomic mass is 9.83. The minimum Gasteiger partial charge on any atom is -0.497 e. The highest BCUT2D eigenvalue weighted by Gasteiger charge is 2.29. The number of aryl methyl sites for hydroxylation is 1. The lowest BCUT2D eigenvalue weighted by Gasteiger charge is -2.24. The largest absolute Gasteiger partial charge is 0.497 e. The van der Waals surface area contributed by atoms with E-state index >= 15 is 0 Å². The fraction of sp³-hybridized carbons (Fsp3) is 0.412. The Kier molecular flexibility index (Phi) is 5.20. The first kappa shape index (κ1) is 16.1. The Morgan fingerprint density at radius 2 is 2.05 bits per heavy atom. The number of imidazole rings is 1. The van der Waals surface area contributed by atoms with Crippen LogP contribution in [-0.4, -0.2) is 29.1 Å². The van der Waals surface area contributed by atoms with Gasteiger partial charge in [0.1, 0.15) is 5.75 Å². The molecule has 1 N–H and O–H groups in total. The summed E-state index contributed by atoms with van der Waals surface area (Å²) in [6, 6.07) is 7.63. The predicted molar refractivity (Wildman–Crippen MR) is 85.9 cm³/mol. The molecule has 118 valence electrons. The van der Waals surface area contributed by atoms with E-state index in [1.807, 2.05) is 48.9 Å². The summed E-state index contributed by atoms with van der Waals surface area (Å²) in [5, 5.41) is 3.01. The number of hydrogen-bond donors (Lipinski definition) is 1. The first-order chi connectivity index (χ1) is 10.5. The molecule has 5 heteroatoms. The summed E-state index contributed by atoms with van der Waals surface area (Å²) in [7, 11) is 1.63. The van der Waals surface area contributed by atoms with Crippen molar-refractivity contribution >= 4 is 5.91 Å². The van der Waals surface area contributed by atoms with E-state index in [1.165, 1.54) is 0 Å². The summed E-state index contributed by atoms with van der Waals surface area (Å²) in [6.07, 6.45) is 6.33. The van der Waals surface area contributed by atoms with Crippen LogP contribution in [0.3, 0.4) is 0 Å². The maximum Gasteiger partial charge on any atom is 0.230 e. The molecule has 1 aromatic carbocycles. The second kappa shape index (κ2) is 7.11. The lowest BCUT2D eigenvalue weighted by molar-refractivity contribution is -0.125. The molecule has 22 heavy (non-hydrogen) atoms.